The molecule has 0 aromatic heterocycles. The number of hydrogen-bond acceptors (Lipinski definition) is 6. The van der Waals surface area contributed by atoms with Crippen molar-refractivity contribution in [3.8, 4) is 0 Å². The average Bonchev–Trinajstić information content (AvgIpc) is 2.94. The third kappa shape index (κ3) is 3.73. The zero-order chi connectivity index (χ0) is 21.3. The van der Waals surface area contributed by atoms with E-state index in [1.807, 2.05) is 30.3 Å². The maximum absolute atomic E-state index is 13.2. The summed E-state index contributed by atoms with van der Waals surface area (Å²) in [5.74, 6) is -0.559. The van der Waals surface area contributed by atoms with Gasteiger partial charge in [-0.3, -0.25) is 4.79 Å². The normalized spacial score (nSPS) is 22.8. The van der Waals surface area contributed by atoms with Crippen LogP contribution in [-0.2, 0) is 19.6 Å². The molecule has 0 N–H and O–H groups in total. The van der Waals surface area contributed by atoms with Gasteiger partial charge in [0, 0.05) is 24.8 Å². The predicted octanol–water partition coefficient (Wildman–Crippen LogP) is 2.92. The number of amides is 1. The van der Waals surface area contributed by atoms with Gasteiger partial charge in [0.25, 0.3) is 15.9 Å². The zero-order valence-corrected chi connectivity index (χ0v) is 17.9. The molecule has 2 aromatic carbocycles. The first-order valence-corrected chi connectivity index (χ1v) is 11.5. The first kappa shape index (κ1) is 20.6. The Balaban J connectivity index is 1.73. The van der Waals surface area contributed by atoms with Crippen LogP contribution in [0.5, 0.6) is 0 Å². The molecule has 1 atom stereocenters. The second kappa shape index (κ2) is 8.20. The largest absolute Gasteiger partial charge is 0.378 e. The van der Waals surface area contributed by atoms with Gasteiger partial charge >= 0.3 is 0 Å². The minimum atomic E-state index is -3.89. The number of aliphatic imine (C=N–C) groups is 1. The molecule has 0 bridgehead atoms. The molecule has 0 radical (unpaired) electrons. The van der Waals surface area contributed by atoms with Crippen molar-refractivity contribution in [2.45, 2.75) is 25.1 Å². The molecule has 158 valence electrons. The SMILES string of the molecule is CC(C)N1C(=O)C(=Nc2ccc(N3CCOCC3)cc2)C(c2ccccc2)S1(=O)=O. The van der Waals surface area contributed by atoms with Gasteiger partial charge in [-0.25, -0.2) is 17.7 Å². The number of carbonyl (C=O) groups excluding carboxylic acids is 1. The van der Waals surface area contributed by atoms with Gasteiger partial charge in [-0.2, -0.15) is 0 Å². The summed E-state index contributed by atoms with van der Waals surface area (Å²) >= 11 is 0. The van der Waals surface area contributed by atoms with Crippen molar-refractivity contribution in [2.75, 3.05) is 31.2 Å². The number of hydrogen-bond donors (Lipinski definition) is 0. The molecule has 8 heteroatoms. The molecule has 0 saturated carbocycles. The van der Waals surface area contributed by atoms with E-state index >= 15 is 0 Å². The van der Waals surface area contributed by atoms with Crippen molar-refractivity contribution >= 4 is 33.0 Å². The number of nitrogens with zero attached hydrogens (tertiary/aromatic N) is 3. The molecule has 0 aliphatic carbocycles. The van der Waals surface area contributed by atoms with Crippen LogP contribution in [0.25, 0.3) is 0 Å². The van der Waals surface area contributed by atoms with Crippen LogP contribution in [0, 0.1) is 0 Å². The molecule has 4 rings (SSSR count). The van der Waals surface area contributed by atoms with Gasteiger partial charge in [0.2, 0.25) is 0 Å². The van der Waals surface area contributed by atoms with Gasteiger partial charge in [0.1, 0.15) is 5.71 Å². The van der Waals surface area contributed by atoms with Crippen molar-refractivity contribution in [1.82, 2.24) is 4.31 Å². The van der Waals surface area contributed by atoms with Crippen LogP contribution < -0.4 is 4.90 Å². The number of anilines is 1. The van der Waals surface area contributed by atoms with Gasteiger partial charge in [-0.15, -0.1) is 0 Å². The zero-order valence-electron chi connectivity index (χ0n) is 17.1. The molecule has 1 amide bonds. The van der Waals surface area contributed by atoms with Crippen LogP contribution in [0.4, 0.5) is 11.4 Å². The summed E-state index contributed by atoms with van der Waals surface area (Å²) in [6.07, 6.45) is 0. The van der Waals surface area contributed by atoms with Gasteiger partial charge < -0.3 is 9.64 Å². The Morgan fingerprint density at radius 2 is 1.63 bits per heavy atom. The smallest absolute Gasteiger partial charge is 0.283 e. The summed E-state index contributed by atoms with van der Waals surface area (Å²) in [7, 11) is -3.89. The van der Waals surface area contributed by atoms with E-state index in [9.17, 15) is 13.2 Å². The highest BCUT2D eigenvalue weighted by Gasteiger charge is 2.51. The van der Waals surface area contributed by atoms with Crippen LogP contribution in [0.2, 0.25) is 0 Å². The van der Waals surface area contributed by atoms with E-state index in [1.165, 1.54) is 0 Å². The number of carbonyl (C=O) groups is 1. The van der Waals surface area contributed by atoms with E-state index in [2.05, 4.69) is 9.89 Å². The highest BCUT2D eigenvalue weighted by molar-refractivity contribution is 7.91. The van der Waals surface area contributed by atoms with Crippen LogP contribution in [0.15, 0.2) is 59.6 Å². The molecule has 0 spiro atoms. The Morgan fingerprint density at radius 3 is 2.23 bits per heavy atom. The van der Waals surface area contributed by atoms with E-state index in [0.717, 1.165) is 23.1 Å². The predicted molar refractivity (Wildman–Crippen MR) is 117 cm³/mol. The van der Waals surface area contributed by atoms with Crippen LogP contribution in [0.3, 0.4) is 0 Å². The molecule has 2 aliphatic heterocycles. The minimum Gasteiger partial charge on any atom is -0.378 e. The molecule has 2 heterocycles. The Morgan fingerprint density at radius 1 is 1.00 bits per heavy atom. The third-order valence-corrected chi connectivity index (χ3v) is 7.51. The lowest BCUT2D eigenvalue weighted by molar-refractivity contribution is -0.120. The van der Waals surface area contributed by atoms with Gasteiger partial charge in [-0.05, 0) is 43.7 Å². The molecule has 1 unspecified atom stereocenters. The van der Waals surface area contributed by atoms with Crippen molar-refractivity contribution in [1.29, 1.82) is 0 Å². The van der Waals surface area contributed by atoms with Gasteiger partial charge in [0.15, 0.2) is 5.25 Å². The van der Waals surface area contributed by atoms with Crippen molar-refractivity contribution in [3.05, 3.63) is 60.2 Å². The Hall–Kier alpha value is -2.71. The van der Waals surface area contributed by atoms with Crippen molar-refractivity contribution in [3.63, 3.8) is 0 Å². The average molecular weight is 428 g/mol. The number of morpholine rings is 1. The summed E-state index contributed by atoms with van der Waals surface area (Å²) in [6.45, 7) is 6.42. The lowest BCUT2D eigenvalue weighted by Gasteiger charge is -2.28. The maximum Gasteiger partial charge on any atom is 0.283 e. The number of rotatable bonds is 4. The molecule has 30 heavy (non-hydrogen) atoms. The Labute approximate surface area is 177 Å². The molecule has 2 aliphatic rings. The van der Waals surface area contributed by atoms with E-state index in [1.54, 1.807) is 38.1 Å². The Kier molecular flexibility index (Phi) is 5.62. The van der Waals surface area contributed by atoms with Crippen LogP contribution >= 0.6 is 0 Å². The Bertz CT molecular complexity index is 1040. The molecule has 2 fully saturated rings. The van der Waals surface area contributed by atoms with Gasteiger partial charge in [-0.1, -0.05) is 30.3 Å². The fraction of sp³-hybridized carbons (Fsp3) is 0.364. The second-order valence-corrected chi connectivity index (χ2v) is 9.54. The highest BCUT2D eigenvalue weighted by atomic mass is 32.2. The summed E-state index contributed by atoms with van der Waals surface area (Å²) in [5.41, 5.74) is 2.18. The van der Waals surface area contributed by atoms with Crippen molar-refractivity contribution in [2.24, 2.45) is 4.99 Å². The topological polar surface area (TPSA) is 79.3 Å². The lowest BCUT2D eigenvalue weighted by Crippen LogP contribution is -2.37. The van der Waals surface area contributed by atoms with E-state index in [4.69, 9.17) is 4.74 Å². The van der Waals surface area contributed by atoms with E-state index < -0.39 is 27.2 Å². The minimum absolute atomic E-state index is 0.0361. The second-order valence-electron chi connectivity index (χ2n) is 7.64. The van der Waals surface area contributed by atoms with E-state index in [0.29, 0.717) is 24.5 Å². The lowest BCUT2D eigenvalue weighted by atomic mass is 10.1. The summed E-state index contributed by atoms with van der Waals surface area (Å²) in [5, 5.41) is -1.10. The number of benzene rings is 2. The van der Waals surface area contributed by atoms with E-state index in [-0.39, 0.29) is 5.71 Å². The molecule has 2 saturated heterocycles. The van der Waals surface area contributed by atoms with Crippen molar-refractivity contribution < 1.29 is 17.9 Å². The quantitative estimate of drug-likeness (QED) is 0.750. The standard InChI is InChI=1S/C22H25N3O4S/c1-16(2)25-22(26)20(21(30(25,27)28)17-6-4-3-5-7-17)23-18-8-10-19(11-9-18)24-12-14-29-15-13-24/h3-11,16,21H,12-15H2,1-2H3. The summed E-state index contributed by atoms with van der Waals surface area (Å²) < 4.78 is 32.8. The number of sulfonamides is 1. The molecule has 2 aromatic rings. The first-order chi connectivity index (χ1) is 14.4. The molecule has 7 nitrogen and oxygen atoms in total. The third-order valence-electron chi connectivity index (χ3n) is 5.29. The van der Waals surface area contributed by atoms with Crippen LogP contribution in [0.1, 0.15) is 24.7 Å². The molecular formula is C22H25N3O4S. The summed E-state index contributed by atoms with van der Waals surface area (Å²) in [6, 6.07) is 15.8. The highest BCUT2D eigenvalue weighted by Crippen LogP contribution is 2.37. The fourth-order valence-electron chi connectivity index (χ4n) is 3.89. The molecular weight excluding hydrogens is 402 g/mol. The monoisotopic (exact) mass is 427 g/mol. The van der Waals surface area contributed by atoms with Crippen LogP contribution in [-0.4, -0.2) is 56.7 Å². The first-order valence-electron chi connectivity index (χ1n) is 10.0. The number of ether oxygens (including phenoxy) is 1. The summed E-state index contributed by atoms with van der Waals surface area (Å²) in [4.78, 5) is 19.8. The fourth-order valence-corrected chi connectivity index (χ4v) is 5.96. The maximum atomic E-state index is 13.2. The van der Waals surface area contributed by atoms with Gasteiger partial charge in [0.05, 0.1) is 18.9 Å².